The molecule has 1 rings (SSSR count). The number of rotatable bonds is 7. The van der Waals surface area contributed by atoms with E-state index in [0.29, 0.717) is 30.0 Å². The molecule has 0 radical (unpaired) electrons. The van der Waals surface area contributed by atoms with Crippen LogP contribution in [0.1, 0.15) is 33.3 Å². The second-order valence-corrected chi connectivity index (χ2v) is 5.47. The van der Waals surface area contributed by atoms with Crippen molar-refractivity contribution in [3.05, 3.63) is 27.9 Å². The summed E-state index contributed by atoms with van der Waals surface area (Å²) in [5.74, 6) is 0.551. The van der Waals surface area contributed by atoms with Crippen LogP contribution in [0.5, 0.6) is 0 Å². The zero-order valence-corrected chi connectivity index (χ0v) is 12.9. The molecule has 1 aromatic heterocycles. The zero-order chi connectivity index (χ0) is 15.3. The van der Waals surface area contributed by atoms with Gasteiger partial charge in [0.15, 0.2) is 0 Å². The maximum absolute atomic E-state index is 10.9. The molecule has 0 saturated heterocycles. The fraction of sp³-hybridized carbons (Fsp3) is 0.643. The highest BCUT2D eigenvalue weighted by molar-refractivity contribution is 5.48. The number of nitro groups is 1. The Morgan fingerprint density at radius 2 is 1.95 bits per heavy atom. The Morgan fingerprint density at radius 3 is 2.45 bits per heavy atom. The Balaban J connectivity index is 2.62. The molecule has 0 bridgehead atoms. The molecule has 0 amide bonds. The Labute approximate surface area is 120 Å². The van der Waals surface area contributed by atoms with Gasteiger partial charge in [0.1, 0.15) is 5.82 Å². The molecule has 0 fully saturated rings. The molecule has 0 spiro atoms. The van der Waals surface area contributed by atoms with Crippen LogP contribution in [-0.2, 0) is 0 Å². The SMILES string of the molecule is Cc1cnc(NCCN(C(C)C)C(C)C)cc1[N+](=O)[O-]. The molecule has 0 saturated carbocycles. The van der Waals surface area contributed by atoms with E-state index in [1.165, 1.54) is 12.3 Å². The summed E-state index contributed by atoms with van der Waals surface area (Å²) in [5, 5.41) is 14.0. The molecule has 1 heterocycles. The first kappa shape index (κ1) is 16.4. The summed E-state index contributed by atoms with van der Waals surface area (Å²) in [6, 6.07) is 2.43. The quantitative estimate of drug-likeness (QED) is 0.614. The molecule has 0 atom stereocenters. The molecule has 0 unspecified atom stereocenters. The lowest BCUT2D eigenvalue weighted by atomic mass is 10.2. The van der Waals surface area contributed by atoms with E-state index in [1.807, 2.05) is 0 Å². The summed E-state index contributed by atoms with van der Waals surface area (Å²) < 4.78 is 0. The number of anilines is 1. The van der Waals surface area contributed by atoms with Crippen molar-refractivity contribution in [2.45, 2.75) is 46.7 Å². The van der Waals surface area contributed by atoms with Gasteiger partial charge in [0.05, 0.1) is 11.0 Å². The minimum atomic E-state index is -0.378. The maximum atomic E-state index is 10.9. The molecule has 1 N–H and O–H groups in total. The lowest BCUT2D eigenvalue weighted by Crippen LogP contribution is -2.40. The van der Waals surface area contributed by atoms with Crippen LogP contribution in [0.2, 0.25) is 0 Å². The largest absolute Gasteiger partial charge is 0.369 e. The van der Waals surface area contributed by atoms with Gasteiger partial charge in [0.25, 0.3) is 5.69 Å². The van der Waals surface area contributed by atoms with E-state index >= 15 is 0 Å². The van der Waals surface area contributed by atoms with Gasteiger partial charge >= 0.3 is 0 Å². The van der Waals surface area contributed by atoms with Crippen LogP contribution in [0, 0.1) is 17.0 Å². The van der Waals surface area contributed by atoms with Crippen molar-refractivity contribution in [1.29, 1.82) is 0 Å². The van der Waals surface area contributed by atoms with Gasteiger partial charge < -0.3 is 5.32 Å². The van der Waals surface area contributed by atoms with Gasteiger partial charge in [-0.1, -0.05) is 0 Å². The number of hydrogen-bond donors (Lipinski definition) is 1. The van der Waals surface area contributed by atoms with E-state index in [-0.39, 0.29) is 10.6 Å². The second-order valence-electron chi connectivity index (χ2n) is 5.47. The number of nitrogens with one attached hydrogen (secondary N) is 1. The molecule has 112 valence electrons. The Hall–Kier alpha value is -1.69. The number of nitrogens with zero attached hydrogens (tertiary/aromatic N) is 3. The van der Waals surface area contributed by atoms with Gasteiger partial charge in [-0.3, -0.25) is 15.0 Å². The Kier molecular flexibility index (Phi) is 5.88. The van der Waals surface area contributed by atoms with E-state index in [9.17, 15) is 10.1 Å². The first-order valence-corrected chi connectivity index (χ1v) is 6.93. The fourth-order valence-electron chi connectivity index (χ4n) is 2.23. The van der Waals surface area contributed by atoms with E-state index in [1.54, 1.807) is 6.92 Å². The highest BCUT2D eigenvalue weighted by atomic mass is 16.6. The number of pyridine rings is 1. The molecule has 0 aliphatic heterocycles. The Morgan fingerprint density at radius 1 is 1.35 bits per heavy atom. The molecular formula is C14H24N4O2. The fourth-order valence-corrected chi connectivity index (χ4v) is 2.23. The lowest BCUT2D eigenvalue weighted by Gasteiger charge is -2.30. The third-order valence-electron chi connectivity index (χ3n) is 3.27. The molecule has 1 aromatic rings. The Bertz CT molecular complexity index is 452. The molecule has 0 aromatic carbocycles. The monoisotopic (exact) mass is 280 g/mol. The van der Waals surface area contributed by atoms with Gasteiger partial charge in [-0.15, -0.1) is 0 Å². The molecule has 20 heavy (non-hydrogen) atoms. The average molecular weight is 280 g/mol. The highest BCUT2D eigenvalue weighted by Gasteiger charge is 2.14. The van der Waals surface area contributed by atoms with Gasteiger partial charge in [-0.05, 0) is 34.6 Å². The van der Waals surface area contributed by atoms with Gasteiger partial charge in [-0.25, -0.2) is 4.98 Å². The highest BCUT2D eigenvalue weighted by Crippen LogP contribution is 2.19. The normalized spacial score (nSPS) is 11.4. The molecule has 0 aliphatic carbocycles. The predicted octanol–water partition coefficient (Wildman–Crippen LogP) is 2.83. The molecule has 6 heteroatoms. The van der Waals surface area contributed by atoms with Crippen LogP contribution in [0.4, 0.5) is 11.5 Å². The minimum absolute atomic E-state index is 0.104. The number of aryl methyl sites for hydroxylation is 1. The number of hydrogen-bond acceptors (Lipinski definition) is 5. The zero-order valence-electron chi connectivity index (χ0n) is 12.9. The van der Waals surface area contributed by atoms with Crippen molar-refractivity contribution in [2.75, 3.05) is 18.4 Å². The van der Waals surface area contributed by atoms with Crippen molar-refractivity contribution >= 4 is 11.5 Å². The molecule has 6 nitrogen and oxygen atoms in total. The first-order valence-electron chi connectivity index (χ1n) is 6.93. The van der Waals surface area contributed by atoms with E-state index in [4.69, 9.17) is 0 Å². The maximum Gasteiger partial charge on any atom is 0.277 e. The van der Waals surface area contributed by atoms with Crippen LogP contribution in [-0.4, -0.2) is 40.0 Å². The minimum Gasteiger partial charge on any atom is -0.369 e. The number of aromatic nitrogens is 1. The summed E-state index contributed by atoms with van der Waals surface area (Å²) >= 11 is 0. The summed E-state index contributed by atoms with van der Waals surface area (Å²) in [7, 11) is 0. The van der Waals surface area contributed by atoms with Gasteiger partial charge in [-0.2, -0.15) is 0 Å². The van der Waals surface area contributed by atoms with Crippen LogP contribution >= 0.6 is 0 Å². The summed E-state index contributed by atoms with van der Waals surface area (Å²) in [5.41, 5.74) is 0.679. The van der Waals surface area contributed by atoms with Crippen molar-refractivity contribution in [1.82, 2.24) is 9.88 Å². The lowest BCUT2D eigenvalue weighted by molar-refractivity contribution is -0.385. The van der Waals surface area contributed by atoms with E-state index < -0.39 is 0 Å². The smallest absolute Gasteiger partial charge is 0.277 e. The van der Waals surface area contributed by atoms with Crippen LogP contribution < -0.4 is 5.32 Å². The van der Waals surface area contributed by atoms with E-state index in [2.05, 4.69) is 42.9 Å². The van der Waals surface area contributed by atoms with Crippen LogP contribution in [0.25, 0.3) is 0 Å². The molecular weight excluding hydrogens is 256 g/mol. The predicted molar refractivity (Wildman–Crippen MR) is 81.1 cm³/mol. The van der Waals surface area contributed by atoms with Gasteiger partial charge in [0.2, 0.25) is 0 Å². The van der Waals surface area contributed by atoms with E-state index in [0.717, 1.165) is 6.54 Å². The summed E-state index contributed by atoms with van der Waals surface area (Å²) in [6.45, 7) is 11.9. The van der Waals surface area contributed by atoms with Gasteiger partial charge in [0, 0.05) is 36.9 Å². The third kappa shape index (κ3) is 4.45. The second kappa shape index (κ2) is 7.19. The van der Waals surface area contributed by atoms with Crippen LogP contribution in [0.15, 0.2) is 12.3 Å². The summed E-state index contributed by atoms with van der Waals surface area (Å²) in [4.78, 5) is 17.0. The third-order valence-corrected chi connectivity index (χ3v) is 3.27. The topological polar surface area (TPSA) is 71.3 Å². The standard InChI is InChI=1S/C14H24N4O2/c1-10(2)17(11(3)4)7-6-15-14-8-13(18(19)20)12(5)9-16-14/h8-11H,6-7H2,1-5H3,(H,15,16). The first-order chi connectivity index (χ1) is 9.32. The molecule has 0 aliphatic rings. The van der Waals surface area contributed by atoms with Crippen molar-refractivity contribution in [3.63, 3.8) is 0 Å². The van der Waals surface area contributed by atoms with Crippen molar-refractivity contribution in [2.24, 2.45) is 0 Å². The van der Waals surface area contributed by atoms with Crippen molar-refractivity contribution < 1.29 is 4.92 Å². The summed E-state index contributed by atoms with van der Waals surface area (Å²) in [6.07, 6.45) is 1.53. The van der Waals surface area contributed by atoms with Crippen molar-refractivity contribution in [3.8, 4) is 0 Å². The van der Waals surface area contributed by atoms with Crippen LogP contribution in [0.3, 0.4) is 0 Å². The average Bonchev–Trinajstić information content (AvgIpc) is 2.35.